The molecule has 3 atom stereocenters. The van der Waals surface area contributed by atoms with Gasteiger partial charge in [0.05, 0.1) is 0 Å². The van der Waals surface area contributed by atoms with E-state index >= 15 is 0 Å². The Hall–Kier alpha value is -1.09. The van der Waals surface area contributed by atoms with Crippen LogP contribution in [0.3, 0.4) is 0 Å². The first kappa shape index (κ1) is 11.0. The molecule has 1 aromatic carbocycles. The molecule has 2 aliphatic rings. The highest BCUT2D eigenvalue weighted by atomic mass is 19.1. The number of hydrogen-bond donors (Lipinski definition) is 1. The van der Waals surface area contributed by atoms with Crippen LogP contribution in [-0.2, 0) is 0 Å². The lowest BCUT2D eigenvalue weighted by Crippen LogP contribution is -2.51. The second kappa shape index (κ2) is 4.65. The van der Waals surface area contributed by atoms with Crippen LogP contribution in [0.1, 0.15) is 32.1 Å². The zero-order valence-corrected chi connectivity index (χ0v) is 9.86. The van der Waals surface area contributed by atoms with Gasteiger partial charge in [0, 0.05) is 18.2 Å². The predicted octanol–water partition coefficient (Wildman–Crippen LogP) is 2.88. The summed E-state index contributed by atoms with van der Waals surface area (Å²) >= 11 is 0. The SMILES string of the molecule is Fc1cccc(O[C@H]2C[C@H]3CCC[C@@H](C2)N3)c1. The maximum Gasteiger partial charge on any atom is 0.126 e. The van der Waals surface area contributed by atoms with Gasteiger partial charge in [0.2, 0.25) is 0 Å². The molecule has 0 aromatic heterocycles. The Morgan fingerprint density at radius 3 is 2.65 bits per heavy atom. The van der Waals surface area contributed by atoms with Crippen molar-refractivity contribution in [3.63, 3.8) is 0 Å². The Morgan fingerprint density at radius 1 is 1.18 bits per heavy atom. The van der Waals surface area contributed by atoms with Gasteiger partial charge < -0.3 is 10.1 Å². The molecule has 0 amide bonds. The summed E-state index contributed by atoms with van der Waals surface area (Å²) in [4.78, 5) is 0. The molecule has 1 aromatic rings. The minimum atomic E-state index is -0.225. The van der Waals surface area contributed by atoms with E-state index in [9.17, 15) is 4.39 Å². The van der Waals surface area contributed by atoms with Gasteiger partial charge in [-0.25, -0.2) is 4.39 Å². The summed E-state index contributed by atoms with van der Waals surface area (Å²) in [6, 6.07) is 7.65. The molecule has 0 saturated carbocycles. The first-order valence-corrected chi connectivity index (χ1v) is 6.48. The number of ether oxygens (including phenoxy) is 1. The van der Waals surface area contributed by atoms with E-state index in [4.69, 9.17) is 4.74 Å². The number of halogens is 1. The maximum absolute atomic E-state index is 13.1. The van der Waals surface area contributed by atoms with E-state index in [0.717, 1.165) is 12.8 Å². The predicted molar refractivity (Wildman–Crippen MR) is 64.6 cm³/mol. The normalized spacial score (nSPS) is 32.2. The molecule has 2 aliphatic heterocycles. The van der Waals surface area contributed by atoms with E-state index in [1.54, 1.807) is 6.07 Å². The van der Waals surface area contributed by atoms with Gasteiger partial charge in [0.1, 0.15) is 17.7 Å². The maximum atomic E-state index is 13.1. The van der Waals surface area contributed by atoms with Gasteiger partial charge in [-0.05, 0) is 37.8 Å². The lowest BCUT2D eigenvalue weighted by Gasteiger charge is -2.40. The number of piperidine rings is 2. The molecule has 3 heteroatoms. The second-order valence-electron chi connectivity index (χ2n) is 5.16. The molecular formula is C14H18FNO. The molecule has 2 fully saturated rings. The number of hydrogen-bond acceptors (Lipinski definition) is 2. The third-order valence-electron chi connectivity index (χ3n) is 3.77. The number of fused-ring (bicyclic) bond motifs is 2. The third kappa shape index (κ3) is 2.60. The van der Waals surface area contributed by atoms with E-state index < -0.39 is 0 Å². The van der Waals surface area contributed by atoms with E-state index in [2.05, 4.69) is 5.32 Å². The summed E-state index contributed by atoms with van der Waals surface area (Å²) in [5.74, 6) is 0.437. The number of rotatable bonds is 2. The van der Waals surface area contributed by atoms with Gasteiger partial charge in [0.15, 0.2) is 0 Å². The van der Waals surface area contributed by atoms with Crippen molar-refractivity contribution in [2.24, 2.45) is 0 Å². The van der Waals surface area contributed by atoms with Crippen LogP contribution >= 0.6 is 0 Å². The molecule has 0 radical (unpaired) electrons. The van der Waals surface area contributed by atoms with Crippen molar-refractivity contribution in [1.29, 1.82) is 0 Å². The molecule has 2 nitrogen and oxygen atoms in total. The molecule has 0 unspecified atom stereocenters. The van der Waals surface area contributed by atoms with Gasteiger partial charge >= 0.3 is 0 Å². The van der Waals surface area contributed by atoms with Gasteiger partial charge in [-0.15, -0.1) is 0 Å². The average Bonchev–Trinajstić information content (AvgIpc) is 2.28. The van der Waals surface area contributed by atoms with Crippen molar-refractivity contribution in [3.8, 4) is 5.75 Å². The van der Waals surface area contributed by atoms with Crippen LogP contribution < -0.4 is 10.1 Å². The van der Waals surface area contributed by atoms with E-state index in [0.29, 0.717) is 17.8 Å². The number of nitrogens with one attached hydrogen (secondary N) is 1. The minimum Gasteiger partial charge on any atom is -0.490 e. The lowest BCUT2D eigenvalue weighted by atomic mass is 9.85. The fraction of sp³-hybridized carbons (Fsp3) is 0.571. The molecule has 1 N–H and O–H groups in total. The molecular weight excluding hydrogens is 217 g/mol. The molecule has 3 rings (SSSR count). The fourth-order valence-corrected chi connectivity index (χ4v) is 3.04. The van der Waals surface area contributed by atoms with Gasteiger partial charge in [-0.2, -0.15) is 0 Å². The summed E-state index contributed by atoms with van der Waals surface area (Å²) in [5.41, 5.74) is 0. The van der Waals surface area contributed by atoms with E-state index in [1.807, 2.05) is 6.07 Å². The molecule has 0 spiro atoms. The zero-order valence-electron chi connectivity index (χ0n) is 9.86. The molecule has 2 bridgehead atoms. The quantitative estimate of drug-likeness (QED) is 0.851. The minimum absolute atomic E-state index is 0.225. The van der Waals surface area contributed by atoms with Crippen molar-refractivity contribution in [1.82, 2.24) is 5.32 Å². The smallest absolute Gasteiger partial charge is 0.126 e. The van der Waals surface area contributed by atoms with E-state index in [-0.39, 0.29) is 11.9 Å². The standard InChI is InChI=1S/C14H18FNO/c15-10-3-1-6-13(7-10)17-14-8-11-4-2-5-12(9-14)16-11/h1,3,6-7,11-12,14,16H,2,4-5,8-9H2/t11-,12+,14+. The summed E-state index contributed by atoms with van der Waals surface area (Å²) in [7, 11) is 0. The highest BCUT2D eigenvalue weighted by Gasteiger charge is 2.32. The van der Waals surface area contributed by atoms with Crippen molar-refractivity contribution in [2.45, 2.75) is 50.3 Å². The first-order valence-electron chi connectivity index (χ1n) is 6.48. The molecule has 17 heavy (non-hydrogen) atoms. The van der Waals surface area contributed by atoms with Crippen molar-refractivity contribution >= 4 is 0 Å². The summed E-state index contributed by atoms with van der Waals surface area (Å²) < 4.78 is 19.0. The fourth-order valence-electron chi connectivity index (χ4n) is 3.04. The van der Waals surface area contributed by atoms with Crippen LogP contribution in [0.25, 0.3) is 0 Å². The Labute approximate surface area is 101 Å². The molecule has 92 valence electrons. The van der Waals surface area contributed by atoms with Crippen LogP contribution in [0.5, 0.6) is 5.75 Å². The van der Waals surface area contributed by atoms with Crippen molar-refractivity contribution in [3.05, 3.63) is 30.1 Å². The lowest BCUT2D eigenvalue weighted by molar-refractivity contribution is 0.0925. The van der Waals surface area contributed by atoms with Crippen molar-refractivity contribution in [2.75, 3.05) is 0 Å². The molecule has 0 aliphatic carbocycles. The van der Waals surface area contributed by atoms with Gasteiger partial charge in [-0.1, -0.05) is 12.5 Å². The summed E-state index contributed by atoms with van der Waals surface area (Å²) in [5, 5.41) is 3.63. The highest BCUT2D eigenvalue weighted by Crippen LogP contribution is 2.28. The number of benzene rings is 1. The van der Waals surface area contributed by atoms with E-state index in [1.165, 1.54) is 31.4 Å². The van der Waals surface area contributed by atoms with Crippen LogP contribution in [0.4, 0.5) is 4.39 Å². The third-order valence-corrected chi connectivity index (χ3v) is 3.77. The average molecular weight is 235 g/mol. The van der Waals surface area contributed by atoms with Gasteiger partial charge in [0.25, 0.3) is 0 Å². The van der Waals surface area contributed by atoms with Crippen LogP contribution in [0.15, 0.2) is 24.3 Å². The Balaban J connectivity index is 1.65. The Kier molecular flexibility index (Phi) is 3.02. The Morgan fingerprint density at radius 2 is 1.94 bits per heavy atom. The molecule has 2 saturated heterocycles. The topological polar surface area (TPSA) is 21.3 Å². The van der Waals surface area contributed by atoms with Crippen LogP contribution in [0, 0.1) is 5.82 Å². The second-order valence-corrected chi connectivity index (χ2v) is 5.16. The zero-order chi connectivity index (χ0) is 11.7. The summed E-state index contributed by atoms with van der Waals surface area (Å²) in [6.07, 6.45) is 6.17. The monoisotopic (exact) mass is 235 g/mol. The Bertz CT molecular complexity index is 384. The summed E-state index contributed by atoms with van der Waals surface area (Å²) in [6.45, 7) is 0. The van der Waals surface area contributed by atoms with Crippen molar-refractivity contribution < 1.29 is 9.13 Å². The van der Waals surface area contributed by atoms with Crippen LogP contribution in [-0.4, -0.2) is 18.2 Å². The highest BCUT2D eigenvalue weighted by molar-refractivity contribution is 5.22. The van der Waals surface area contributed by atoms with Gasteiger partial charge in [-0.3, -0.25) is 0 Å². The first-order chi connectivity index (χ1) is 8.29. The van der Waals surface area contributed by atoms with Crippen LogP contribution in [0.2, 0.25) is 0 Å². The largest absolute Gasteiger partial charge is 0.490 e. The molecule has 2 heterocycles.